The number of aromatic hydroxyl groups is 1. The van der Waals surface area contributed by atoms with Crippen LogP contribution >= 0.6 is 31.9 Å². The Morgan fingerprint density at radius 3 is 2.83 bits per heavy atom. The van der Waals surface area contributed by atoms with E-state index in [2.05, 4.69) is 37.2 Å². The molecule has 6 nitrogen and oxygen atoms in total. The molecule has 0 saturated carbocycles. The summed E-state index contributed by atoms with van der Waals surface area (Å²) in [6.07, 6.45) is 2.90. The van der Waals surface area contributed by atoms with Crippen molar-refractivity contribution in [3.63, 3.8) is 0 Å². The van der Waals surface area contributed by atoms with Gasteiger partial charge in [-0.1, -0.05) is 0 Å². The second-order valence-corrected chi connectivity index (χ2v) is 6.16. The van der Waals surface area contributed by atoms with Gasteiger partial charge in [0.25, 0.3) is 5.91 Å². The van der Waals surface area contributed by atoms with Crippen LogP contribution in [0.4, 0.5) is 0 Å². The molecule has 0 radical (unpaired) electrons. The van der Waals surface area contributed by atoms with E-state index >= 15 is 0 Å². The summed E-state index contributed by atoms with van der Waals surface area (Å²) in [6.45, 7) is 0.175. The molecule has 0 aliphatic heterocycles. The zero-order valence-corrected chi connectivity index (χ0v) is 15.6. The molecule has 124 valence electrons. The van der Waals surface area contributed by atoms with E-state index in [1.54, 1.807) is 12.1 Å². The number of furan rings is 1. The molecule has 0 aliphatic rings. The SMILES string of the molecule is COc1cc(C=C(C#N)C(=O)NCc2ccco2)c(Br)c(Br)c1O. The van der Waals surface area contributed by atoms with Crippen molar-refractivity contribution in [2.75, 3.05) is 7.11 Å². The average Bonchev–Trinajstić information content (AvgIpc) is 3.10. The Labute approximate surface area is 155 Å². The summed E-state index contributed by atoms with van der Waals surface area (Å²) in [7, 11) is 1.41. The minimum absolute atomic E-state index is 0.0812. The number of nitrogens with zero attached hydrogens (tertiary/aromatic N) is 1. The summed E-state index contributed by atoms with van der Waals surface area (Å²) in [5, 5.41) is 21.8. The molecule has 1 heterocycles. The molecule has 0 spiro atoms. The zero-order valence-electron chi connectivity index (χ0n) is 12.5. The van der Waals surface area contributed by atoms with Crippen LogP contribution in [0, 0.1) is 11.3 Å². The molecule has 8 heteroatoms. The van der Waals surface area contributed by atoms with Crippen molar-refractivity contribution in [3.8, 4) is 17.6 Å². The summed E-state index contributed by atoms with van der Waals surface area (Å²) < 4.78 is 11.0. The van der Waals surface area contributed by atoms with Crippen LogP contribution in [0.1, 0.15) is 11.3 Å². The summed E-state index contributed by atoms with van der Waals surface area (Å²) in [4.78, 5) is 12.1. The Kier molecular flexibility index (Phi) is 6.06. The first kappa shape index (κ1) is 18.1. The third kappa shape index (κ3) is 3.99. The lowest BCUT2D eigenvalue weighted by Crippen LogP contribution is -2.23. The van der Waals surface area contributed by atoms with Gasteiger partial charge in [-0.25, -0.2) is 0 Å². The Hall–Kier alpha value is -2.24. The predicted molar refractivity (Wildman–Crippen MR) is 94.2 cm³/mol. The van der Waals surface area contributed by atoms with Crippen LogP contribution in [0.2, 0.25) is 0 Å². The molecule has 2 rings (SSSR count). The van der Waals surface area contributed by atoms with Crippen molar-refractivity contribution < 1.29 is 19.1 Å². The second kappa shape index (κ2) is 8.04. The number of phenolic OH excluding ortho intramolecular Hbond substituents is 1. The molecule has 0 atom stereocenters. The van der Waals surface area contributed by atoms with Crippen LogP contribution in [0.5, 0.6) is 11.5 Å². The van der Waals surface area contributed by atoms with Crippen molar-refractivity contribution >= 4 is 43.8 Å². The predicted octanol–water partition coefficient (Wildman–Crippen LogP) is 3.74. The van der Waals surface area contributed by atoms with Crippen LogP contribution < -0.4 is 10.1 Å². The van der Waals surface area contributed by atoms with Gasteiger partial charge in [0.05, 0.1) is 24.4 Å². The van der Waals surface area contributed by atoms with Crippen LogP contribution in [0.25, 0.3) is 6.08 Å². The fourth-order valence-corrected chi connectivity index (χ4v) is 2.69. The smallest absolute Gasteiger partial charge is 0.262 e. The highest BCUT2D eigenvalue weighted by Crippen LogP contribution is 2.42. The highest BCUT2D eigenvalue weighted by Gasteiger charge is 2.16. The van der Waals surface area contributed by atoms with Gasteiger partial charge in [-0.2, -0.15) is 5.26 Å². The first-order chi connectivity index (χ1) is 11.5. The minimum Gasteiger partial charge on any atom is -0.503 e. The summed E-state index contributed by atoms with van der Waals surface area (Å²) in [5.41, 5.74) is 0.406. The number of phenols is 1. The number of benzene rings is 1. The molecule has 0 bridgehead atoms. The maximum absolute atomic E-state index is 12.1. The highest BCUT2D eigenvalue weighted by molar-refractivity contribution is 9.13. The topological polar surface area (TPSA) is 95.5 Å². The molecule has 1 amide bonds. The first-order valence-corrected chi connectivity index (χ1v) is 8.23. The second-order valence-electron chi connectivity index (χ2n) is 4.58. The molecule has 0 unspecified atom stereocenters. The number of methoxy groups -OCH3 is 1. The molecule has 0 aliphatic carbocycles. The van der Waals surface area contributed by atoms with Crippen LogP contribution in [0.15, 0.2) is 43.4 Å². The Balaban J connectivity index is 2.28. The lowest BCUT2D eigenvalue weighted by molar-refractivity contribution is -0.117. The lowest BCUT2D eigenvalue weighted by Gasteiger charge is -2.10. The van der Waals surface area contributed by atoms with Gasteiger partial charge in [0, 0.05) is 4.47 Å². The lowest BCUT2D eigenvalue weighted by atomic mass is 10.1. The number of amides is 1. The molecule has 2 aromatic rings. The van der Waals surface area contributed by atoms with Gasteiger partial charge in [0.15, 0.2) is 11.5 Å². The number of hydrogen-bond donors (Lipinski definition) is 2. The molecule has 0 saturated heterocycles. The molecular weight excluding hydrogens is 444 g/mol. The number of nitrogens with one attached hydrogen (secondary N) is 1. The number of carbonyl (C=O) groups is 1. The normalized spacial score (nSPS) is 11.0. The number of ether oxygens (including phenoxy) is 1. The Morgan fingerprint density at radius 1 is 1.50 bits per heavy atom. The fourth-order valence-electron chi connectivity index (χ4n) is 1.85. The van der Waals surface area contributed by atoms with E-state index in [0.29, 0.717) is 20.3 Å². The molecule has 2 N–H and O–H groups in total. The maximum atomic E-state index is 12.1. The van der Waals surface area contributed by atoms with Gasteiger partial charge >= 0.3 is 0 Å². The van der Waals surface area contributed by atoms with Gasteiger partial charge in [-0.15, -0.1) is 0 Å². The van der Waals surface area contributed by atoms with Crippen molar-refractivity contribution in [1.82, 2.24) is 5.32 Å². The van der Waals surface area contributed by atoms with E-state index < -0.39 is 5.91 Å². The first-order valence-electron chi connectivity index (χ1n) is 6.65. The molecule has 0 fully saturated rings. The summed E-state index contributed by atoms with van der Waals surface area (Å²) in [5.74, 6) is 0.173. The number of carbonyl (C=O) groups excluding carboxylic acids is 1. The zero-order chi connectivity index (χ0) is 17.7. The van der Waals surface area contributed by atoms with E-state index in [0.717, 1.165) is 0 Å². The highest BCUT2D eigenvalue weighted by atomic mass is 79.9. The minimum atomic E-state index is -0.538. The maximum Gasteiger partial charge on any atom is 0.262 e. The van der Waals surface area contributed by atoms with Gasteiger partial charge < -0.3 is 19.6 Å². The van der Waals surface area contributed by atoms with Crippen molar-refractivity contribution in [3.05, 3.63) is 50.3 Å². The van der Waals surface area contributed by atoms with E-state index in [4.69, 9.17) is 9.15 Å². The average molecular weight is 456 g/mol. The molecule has 1 aromatic heterocycles. The van der Waals surface area contributed by atoms with E-state index in [1.165, 1.54) is 25.5 Å². The van der Waals surface area contributed by atoms with E-state index in [1.807, 2.05) is 6.07 Å². The molecule has 24 heavy (non-hydrogen) atoms. The van der Waals surface area contributed by atoms with Gasteiger partial charge in [0.2, 0.25) is 0 Å². The van der Waals surface area contributed by atoms with E-state index in [-0.39, 0.29) is 23.6 Å². The molecular formula is C16H12Br2N2O4. The van der Waals surface area contributed by atoms with Crippen molar-refractivity contribution in [2.45, 2.75) is 6.54 Å². The van der Waals surface area contributed by atoms with Crippen molar-refractivity contribution in [2.24, 2.45) is 0 Å². The number of hydrogen-bond acceptors (Lipinski definition) is 5. The standard InChI is InChI=1S/C16H12Br2N2O4/c1-23-12-6-9(13(17)14(18)15(12)21)5-10(7-19)16(22)20-8-11-3-2-4-24-11/h2-6,21H,8H2,1H3,(H,20,22). The quantitative estimate of drug-likeness (QED) is 0.528. The number of rotatable bonds is 5. The summed E-state index contributed by atoms with van der Waals surface area (Å²) in [6, 6.07) is 6.80. The number of halogens is 2. The van der Waals surface area contributed by atoms with Crippen LogP contribution in [-0.4, -0.2) is 18.1 Å². The monoisotopic (exact) mass is 454 g/mol. The third-order valence-electron chi connectivity index (χ3n) is 3.06. The summed E-state index contributed by atoms with van der Waals surface area (Å²) >= 11 is 6.53. The van der Waals surface area contributed by atoms with Crippen molar-refractivity contribution in [1.29, 1.82) is 5.26 Å². The fraction of sp³-hybridized carbons (Fsp3) is 0.125. The number of nitriles is 1. The van der Waals surface area contributed by atoms with E-state index in [9.17, 15) is 15.2 Å². The Morgan fingerprint density at radius 2 is 2.25 bits per heavy atom. The van der Waals surface area contributed by atoms with Gasteiger partial charge in [0.1, 0.15) is 17.4 Å². The van der Waals surface area contributed by atoms with Gasteiger partial charge in [-0.3, -0.25) is 4.79 Å². The third-order valence-corrected chi connectivity index (χ3v) is 5.22. The Bertz CT molecular complexity index is 824. The molecule has 1 aromatic carbocycles. The largest absolute Gasteiger partial charge is 0.503 e. The van der Waals surface area contributed by atoms with Crippen LogP contribution in [0.3, 0.4) is 0 Å². The van der Waals surface area contributed by atoms with Crippen LogP contribution in [-0.2, 0) is 11.3 Å². The van der Waals surface area contributed by atoms with Gasteiger partial charge in [-0.05, 0) is 61.7 Å².